The maximum absolute atomic E-state index is 16.1. The average Bonchev–Trinajstić information content (AvgIpc) is 0.851. The highest BCUT2D eigenvalue weighted by Crippen LogP contribution is 2.76. The fourth-order valence-electron chi connectivity index (χ4n) is 20.5. The number of aliphatic carboxylic acids is 1. The number of carbonyl (C=O) groups is 3. The largest absolute Gasteiger partial charge is 0.493 e. The minimum atomic E-state index is -2.13. The second-order valence-electron chi connectivity index (χ2n) is 33.7. The monoisotopic (exact) mass is 1590 g/mol. The summed E-state index contributed by atoms with van der Waals surface area (Å²) >= 11 is 0. The first-order valence-corrected chi connectivity index (χ1v) is 38.0. The molecule has 4 saturated carbocycles. The normalized spacial score (nSPS) is 48.4. The van der Waals surface area contributed by atoms with Crippen molar-refractivity contribution in [1.29, 1.82) is 0 Å². The minimum absolute atomic E-state index is 0.0101. The van der Waals surface area contributed by atoms with E-state index < -0.39 is 273 Å². The molecule has 36 atom stereocenters. The number of allylic oxidation sites excluding steroid dienone is 1. The summed E-state index contributed by atoms with van der Waals surface area (Å²) in [5.74, 6) is -4.02. The van der Waals surface area contributed by atoms with E-state index >= 15 is 4.79 Å². The third-order valence-corrected chi connectivity index (χ3v) is 26.9. The van der Waals surface area contributed by atoms with E-state index in [1.807, 2.05) is 6.92 Å². The Bertz CT molecular complexity index is 3480. The fraction of sp³-hybridized carbons (Fsp3) is 0.827. The number of aliphatic hydroxyl groups is 16. The van der Waals surface area contributed by atoms with Crippen molar-refractivity contribution in [2.75, 3.05) is 61.0 Å². The molecule has 36 unspecified atom stereocenters. The molecule has 111 heavy (non-hydrogen) atoms. The van der Waals surface area contributed by atoms with Gasteiger partial charge in [-0.2, -0.15) is 0 Å². The second kappa shape index (κ2) is 32.7. The predicted octanol–water partition coefficient (Wildman–Crippen LogP) is -3.11. The van der Waals surface area contributed by atoms with Crippen LogP contribution in [-0.4, -0.2) is 337 Å². The summed E-state index contributed by atoms with van der Waals surface area (Å²) in [7, 11) is 4.24. The number of fused-ring (bicyclic) bond motifs is 7. The van der Waals surface area contributed by atoms with Gasteiger partial charge in [-0.05, 0) is 136 Å². The Balaban J connectivity index is 0.796. The Morgan fingerprint density at radius 1 is 0.559 bits per heavy atom. The summed E-state index contributed by atoms with van der Waals surface area (Å²) in [6, 6.07) is 3.13. The molecule has 12 rings (SSSR count). The molecule has 0 aromatic heterocycles. The van der Waals surface area contributed by atoms with Crippen molar-refractivity contribution in [2.24, 2.45) is 50.2 Å². The molecule has 1 aromatic rings. The summed E-state index contributed by atoms with van der Waals surface area (Å²) in [6.45, 7) is 8.71. The van der Waals surface area contributed by atoms with Crippen LogP contribution in [-0.2, 0) is 76.0 Å². The van der Waals surface area contributed by atoms with Crippen molar-refractivity contribution in [1.82, 2.24) is 0 Å². The van der Waals surface area contributed by atoms with Crippen molar-refractivity contribution in [3.63, 3.8) is 0 Å². The van der Waals surface area contributed by atoms with E-state index in [0.717, 1.165) is 11.6 Å². The van der Waals surface area contributed by atoms with Gasteiger partial charge in [-0.3, -0.25) is 9.59 Å². The number of hydrogen-bond donors (Lipinski definition) is 17. The molecule has 6 aliphatic heterocycles. The van der Waals surface area contributed by atoms with E-state index in [0.29, 0.717) is 31.2 Å². The van der Waals surface area contributed by atoms with Gasteiger partial charge in [0, 0.05) is 11.5 Å². The lowest BCUT2D eigenvalue weighted by atomic mass is 9.33. The van der Waals surface area contributed by atoms with Crippen LogP contribution in [0.3, 0.4) is 0 Å². The quantitative estimate of drug-likeness (QED) is 0.0236. The zero-order chi connectivity index (χ0) is 80.9. The molecule has 1 aromatic carbocycles. The van der Waals surface area contributed by atoms with Gasteiger partial charge in [-0.1, -0.05) is 39.3 Å². The van der Waals surface area contributed by atoms with Crippen molar-refractivity contribution >= 4 is 24.0 Å². The van der Waals surface area contributed by atoms with Crippen LogP contribution >= 0.6 is 0 Å². The molecular weight excluding hydrogens is 1480 g/mol. The number of esters is 2. The number of carboxylic acids is 1. The lowest BCUT2D eigenvalue weighted by molar-refractivity contribution is -0.379. The summed E-state index contributed by atoms with van der Waals surface area (Å²) in [5, 5.41) is 191. The SMILES string of the molecule is COc1cc(C=CC(=O)OC2C(C)OC(OC(=O)C34CCC(C)(C)CC3C3=CCC5C6(C)CC(O)C(OC7OC(CO)C(O)C(O)C7O)C(C)(C(=O)O)C6CCC5(C)C3(CO)CC4)C(OC3OC(C)C(OC4OCC(O)C(OC5OCC(O)C(OC6OCC(O)(CO)C6O)C5O)C4O)C(O)C3O)C2O)cc(OC)c1OC. The van der Waals surface area contributed by atoms with Crippen LogP contribution in [0.25, 0.3) is 6.08 Å². The van der Waals surface area contributed by atoms with Gasteiger partial charge in [0.25, 0.3) is 0 Å². The van der Waals surface area contributed by atoms with Crippen LogP contribution in [0, 0.1) is 50.2 Å². The molecule has 0 bridgehead atoms. The first-order valence-electron chi connectivity index (χ1n) is 38.0. The van der Waals surface area contributed by atoms with E-state index in [9.17, 15) is 96.4 Å². The lowest BCUT2D eigenvalue weighted by Gasteiger charge is -2.71. The molecule has 6 saturated heterocycles. The van der Waals surface area contributed by atoms with E-state index in [4.69, 9.17) is 75.8 Å². The minimum Gasteiger partial charge on any atom is -0.493 e. The average molecular weight is 1590 g/mol. The number of rotatable bonds is 22. The van der Waals surface area contributed by atoms with Crippen LogP contribution in [0.1, 0.15) is 112 Å². The van der Waals surface area contributed by atoms with Gasteiger partial charge in [0.15, 0.2) is 55.2 Å². The van der Waals surface area contributed by atoms with Crippen LogP contribution in [0.5, 0.6) is 17.2 Å². The van der Waals surface area contributed by atoms with Gasteiger partial charge in [-0.25, -0.2) is 4.79 Å². The molecule has 628 valence electrons. The maximum Gasteiger partial charge on any atom is 0.331 e. The van der Waals surface area contributed by atoms with E-state index in [2.05, 4.69) is 26.8 Å². The number of carboxylic acid groups (broad SMARTS) is 1. The topological polar surface area (TPSA) is 543 Å². The van der Waals surface area contributed by atoms with Crippen LogP contribution < -0.4 is 14.2 Å². The lowest BCUT2D eigenvalue weighted by Crippen LogP contribution is -2.71. The highest BCUT2D eigenvalue weighted by Gasteiger charge is 2.74. The standard InChI is InChI=1S/C75H112O36/c1-31-53(106-61-51(89)55(37(80)26-99-61)107-62-52(90)56(38(81)27-100-62)108-66-59(91)75(95,29-78)30-101-66)47(85)49(87)63(102-31)109-58-50(88)54(105-44(82)14-11-33-21-39(96-8)57(98-10)40(22-33)97-9)32(2)103-65(58)111-68(94)73-18-17-69(3,4)23-35(73)34-12-13-42-70(5)24-36(79)60(110-64-48(86)46(84)45(83)41(25-76)104-64)72(7,67(92)93)43(70)15-16-71(42,6)74(34,28-77)20-19-73/h11-12,14,21-22,31-32,35-38,41-43,45-56,58-66,76-81,83-91,95H,13,15-20,23-30H2,1-10H3,(H,92,93). The van der Waals surface area contributed by atoms with Gasteiger partial charge in [0.2, 0.25) is 12.0 Å². The molecule has 17 N–H and O–H groups in total. The van der Waals surface area contributed by atoms with Crippen LogP contribution in [0.15, 0.2) is 29.9 Å². The highest BCUT2D eigenvalue weighted by atomic mass is 16.8. The number of benzene rings is 1. The summed E-state index contributed by atoms with van der Waals surface area (Å²) < 4.78 is 94.0. The molecule has 0 amide bonds. The third kappa shape index (κ3) is 15.0. The Morgan fingerprint density at radius 3 is 1.72 bits per heavy atom. The van der Waals surface area contributed by atoms with Gasteiger partial charge in [-0.15, -0.1) is 0 Å². The number of ether oxygens (including phenoxy) is 16. The van der Waals surface area contributed by atoms with Gasteiger partial charge in [0.1, 0.15) is 103 Å². The van der Waals surface area contributed by atoms with Gasteiger partial charge >= 0.3 is 17.9 Å². The number of aliphatic hydroxyl groups excluding tert-OH is 15. The Morgan fingerprint density at radius 2 is 1.14 bits per heavy atom. The van der Waals surface area contributed by atoms with Gasteiger partial charge < -0.3 is 163 Å². The Labute approximate surface area is 640 Å². The molecule has 6 heterocycles. The molecule has 5 aliphatic carbocycles. The fourth-order valence-corrected chi connectivity index (χ4v) is 20.5. The van der Waals surface area contributed by atoms with Crippen LogP contribution in [0.2, 0.25) is 0 Å². The van der Waals surface area contributed by atoms with E-state index in [-0.39, 0.29) is 56.0 Å². The zero-order valence-electron chi connectivity index (χ0n) is 63.7. The first-order chi connectivity index (χ1) is 52.3. The smallest absolute Gasteiger partial charge is 0.331 e. The summed E-state index contributed by atoms with van der Waals surface area (Å²) in [4.78, 5) is 44.0. The molecule has 0 spiro atoms. The summed E-state index contributed by atoms with van der Waals surface area (Å²) in [5.41, 5.74) is -7.40. The molecule has 0 radical (unpaired) electrons. The van der Waals surface area contributed by atoms with E-state index in [1.54, 1.807) is 12.1 Å². The Kier molecular flexibility index (Phi) is 25.3. The Hall–Kier alpha value is -4.57. The van der Waals surface area contributed by atoms with Crippen molar-refractivity contribution in [3.05, 3.63) is 35.4 Å². The second-order valence-corrected chi connectivity index (χ2v) is 33.7. The molecular formula is C75H112O36. The molecule has 36 heteroatoms. The first kappa shape index (κ1) is 85.8. The van der Waals surface area contributed by atoms with Crippen molar-refractivity contribution in [3.8, 4) is 17.2 Å². The highest BCUT2D eigenvalue weighted by molar-refractivity contribution is 5.87. The maximum atomic E-state index is 16.1. The molecule has 10 fully saturated rings. The van der Waals surface area contributed by atoms with Crippen LogP contribution in [0.4, 0.5) is 0 Å². The summed E-state index contributed by atoms with van der Waals surface area (Å²) in [6.07, 6.45) is -39.9. The number of methoxy groups -OCH3 is 3. The van der Waals surface area contributed by atoms with Gasteiger partial charge in [0.05, 0.1) is 90.1 Å². The predicted molar refractivity (Wildman–Crippen MR) is 371 cm³/mol. The molecule has 36 nitrogen and oxygen atoms in total. The van der Waals surface area contributed by atoms with Crippen molar-refractivity contribution < 1.29 is 177 Å². The number of carbonyl (C=O) groups excluding carboxylic acids is 2. The van der Waals surface area contributed by atoms with Crippen molar-refractivity contribution in [2.45, 2.75) is 278 Å². The third-order valence-electron chi connectivity index (χ3n) is 26.9. The van der Waals surface area contributed by atoms with E-state index in [1.165, 1.54) is 48.2 Å². The molecule has 11 aliphatic rings. The zero-order valence-corrected chi connectivity index (χ0v) is 63.7. The number of hydrogen-bond acceptors (Lipinski definition) is 35.